The molecule has 7 nitrogen and oxygen atoms in total. The van der Waals surface area contributed by atoms with Crippen molar-refractivity contribution in [3.63, 3.8) is 0 Å². The Labute approximate surface area is 106 Å². The number of hydrogen-bond donors (Lipinski definition) is 3. The van der Waals surface area contributed by atoms with Gasteiger partial charge in [-0.25, -0.2) is 0 Å². The lowest BCUT2D eigenvalue weighted by Crippen LogP contribution is -2.48. The van der Waals surface area contributed by atoms with Gasteiger partial charge in [0.2, 0.25) is 0 Å². The van der Waals surface area contributed by atoms with Crippen LogP contribution in [0.5, 0.6) is 0 Å². The molecule has 0 aromatic rings. The normalized spacial score (nSPS) is 16.0. The number of carboxylic acid groups (broad SMARTS) is 2. The second kappa shape index (κ2) is 5.66. The second-order valence-electron chi connectivity index (χ2n) is 4.83. The van der Waals surface area contributed by atoms with Crippen molar-refractivity contribution in [3.05, 3.63) is 0 Å². The first kappa shape index (κ1) is 16.9. The van der Waals surface area contributed by atoms with Gasteiger partial charge in [0.25, 0.3) is 10.1 Å². The molecule has 18 heavy (non-hydrogen) atoms. The van der Waals surface area contributed by atoms with E-state index in [9.17, 15) is 18.0 Å². The van der Waals surface area contributed by atoms with Gasteiger partial charge in [0.15, 0.2) is 5.25 Å². The molecule has 0 aliphatic rings. The summed E-state index contributed by atoms with van der Waals surface area (Å²) in [6.07, 6.45) is 0.887. The number of rotatable bonds is 7. The summed E-state index contributed by atoms with van der Waals surface area (Å²) in [5.74, 6) is -5.14. The molecule has 0 aliphatic carbocycles. The Morgan fingerprint density at radius 3 is 1.83 bits per heavy atom. The molecule has 106 valence electrons. The van der Waals surface area contributed by atoms with Gasteiger partial charge in [0.1, 0.15) is 0 Å². The zero-order valence-corrected chi connectivity index (χ0v) is 11.3. The number of carbonyl (C=O) groups is 2. The first-order valence-electron chi connectivity index (χ1n) is 5.37. The van der Waals surface area contributed by atoms with E-state index in [2.05, 4.69) is 0 Å². The summed E-state index contributed by atoms with van der Waals surface area (Å²) >= 11 is 0. The Bertz CT molecular complexity index is 424. The first-order valence-corrected chi connectivity index (χ1v) is 6.87. The molecular weight excluding hydrogens is 264 g/mol. The van der Waals surface area contributed by atoms with E-state index >= 15 is 0 Å². The summed E-state index contributed by atoms with van der Waals surface area (Å²) in [6, 6.07) is 0. The van der Waals surface area contributed by atoms with E-state index in [-0.39, 0.29) is 0 Å². The van der Waals surface area contributed by atoms with Gasteiger partial charge in [-0.15, -0.1) is 0 Å². The minimum absolute atomic E-state index is 0.323. The summed E-state index contributed by atoms with van der Waals surface area (Å²) in [5, 5.41) is 15.6. The predicted molar refractivity (Wildman–Crippen MR) is 62.8 cm³/mol. The Kier molecular flexibility index (Phi) is 5.30. The first-order chi connectivity index (χ1) is 7.95. The molecule has 0 rings (SSSR count). The molecule has 0 bridgehead atoms. The van der Waals surface area contributed by atoms with Crippen LogP contribution >= 0.6 is 0 Å². The number of hydrogen-bond acceptors (Lipinski definition) is 4. The molecule has 0 amide bonds. The summed E-state index contributed by atoms with van der Waals surface area (Å²) < 4.78 is 31.1. The van der Waals surface area contributed by atoms with Crippen molar-refractivity contribution in [2.45, 2.75) is 38.9 Å². The van der Waals surface area contributed by atoms with Crippen LogP contribution in [0.2, 0.25) is 0 Å². The highest BCUT2D eigenvalue weighted by Gasteiger charge is 2.50. The standard InChI is InChI=1S/C10H18O7S/c1-4-5-10(2,3)6(8(11)12)7(9(13)14)18(15,16)17/h6-7H,4-5H2,1-3H3,(H,11,12)(H,13,14)(H,15,16,17). The fourth-order valence-electron chi connectivity index (χ4n) is 2.12. The number of aliphatic carboxylic acids is 2. The van der Waals surface area contributed by atoms with Gasteiger partial charge in [-0.3, -0.25) is 14.1 Å². The lowest BCUT2D eigenvalue weighted by molar-refractivity contribution is -0.152. The van der Waals surface area contributed by atoms with Crippen molar-refractivity contribution < 1.29 is 32.8 Å². The minimum atomic E-state index is -4.99. The average molecular weight is 282 g/mol. The van der Waals surface area contributed by atoms with E-state index in [1.165, 1.54) is 13.8 Å². The van der Waals surface area contributed by atoms with E-state index in [1.54, 1.807) is 6.92 Å². The van der Waals surface area contributed by atoms with Crippen LogP contribution in [0.4, 0.5) is 0 Å². The van der Waals surface area contributed by atoms with E-state index in [0.717, 1.165) is 0 Å². The smallest absolute Gasteiger partial charge is 0.325 e. The Balaban J connectivity index is 5.73. The van der Waals surface area contributed by atoms with Crippen molar-refractivity contribution >= 4 is 22.1 Å². The van der Waals surface area contributed by atoms with E-state index in [4.69, 9.17) is 14.8 Å². The Morgan fingerprint density at radius 2 is 1.61 bits per heavy atom. The van der Waals surface area contributed by atoms with E-state index < -0.39 is 38.6 Å². The maximum absolute atomic E-state index is 11.2. The third-order valence-corrected chi connectivity index (χ3v) is 3.98. The molecule has 0 saturated carbocycles. The van der Waals surface area contributed by atoms with Gasteiger partial charge < -0.3 is 10.2 Å². The zero-order chi connectivity index (χ0) is 14.7. The Morgan fingerprint density at radius 1 is 1.17 bits per heavy atom. The van der Waals surface area contributed by atoms with Gasteiger partial charge in [0, 0.05) is 0 Å². The fourth-order valence-corrected chi connectivity index (χ4v) is 3.20. The molecule has 2 atom stereocenters. The van der Waals surface area contributed by atoms with Gasteiger partial charge in [-0.1, -0.05) is 27.2 Å². The molecule has 0 fully saturated rings. The summed E-state index contributed by atoms with van der Waals surface area (Å²) in [6.45, 7) is 4.71. The third kappa shape index (κ3) is 3.95. The summed E-state index contributed by atoms with van der Waals surface area (Å²) in [5.41, 5.74) is -1.07. The minimum Gasteiger partial charge on any atom is -0.481 e. The lowest BCUT2D eigenvalue weighted by atomic mass is 9.73. The van der Waals surface area contributed by atoms with Crippen LogP contribution in [0.25, 0.3) is 0 Å². The van der Waals surface area contributed by atoms with Gasteiger partial charge >= 0.3 is 11.9 Å². The maximum Gasteiger partial charge on any atom is 0.325 e. The molecule has 0 saturated heterocycles. The highest BCUT2D eigenvalue weighted by molar-refractivity contribution is 7.87. The molecule has 0 aliphatic heterocycles. The topological polar surface area (TPSA) is 129 Å². The van der Waals surface area contributed by atoms with Gasteiger partial charge in [-0.05, 0) is 11.8 Å². The highest BCUT2D eigenvalue weighted by Crippen LogP contribution is 2.36. The van der Waals surface area contributed by atoms with E-state index in [0.29, 0.717) is 12.8 Å². The monoisotopic (exact) mass is 282 g/mol. The molecule has 0 aromatic carbocycles. The molecule has 0 spiro atoms. The molecule has 8 heteroatoms. The van der Waals surface area contributed by atoms with Crippen LogP contribution in [0.1, 0.15) is 33.6 Å². The zero-order valence-electron chi connectivity index (χ0n) is 10.5. The molecule has 0 aromatic heterocycles. The van der Waals surface area contributed by atoms with Crippen LogP contribution in [0.15, 0.2) is 0 Å². The van der Waals surface area contributed by atoms with Crippen LogP contribution in [-0.4, -0.2) is 40.4 Å². The molecule has 3 N–H and O–H groups in total. The second-order valence-corrected chi connectivity index (χ2v) is 6.37. The van der Waals surface area contributed by atoms with Crippen LogP contribution in [0.3, 0.4) is 0 Å². The number of carboxylic acids is 2. The van der Waals surface area contributed by atoms with Crippen LogP contribution in [-0.2, 0) is 19.7 Å². The largest absolute Gasteiger partial charge is 0.481 e. The van der Waals surface area contributed by atoms with Crippen molar-refractivity contribution in [1.82, 2.24) is 0 Å². The highest BCUT2D eigenvalue weighted by atomic mass is 32.2. The summed E-state index contributed by atoms with van der Waals surface area (Å²) in [4.78, 5) is 22.1. The molecular formula is C10H18O7S. The molecule has 2 unspecified atom stereocenters. The lowest BCUT2D eigenvalue weighted by Gasteiger charge is -2.33. The van der Waals surface area contributed by atoms with Crippen LogP contribution < -0.4 is 0 Å². The fraction of sp³-hybridized carbons (Fsp3) is 0.800. The maximum atomic E-state index is 11.2. The average Bonchev–Trinajstić information content (AvgIpc) is 2.09. The van der Waals surface area contributed by atoms with Crippen molar-refractivity contribution in [1.29, 1.82) is 0 Å². The van der Waals surface area contributed by atoms with Crippen molar-refractivity contribution in [3.8, 4) is 0 Å². The SMILES string of the molecule is CCCC(C)(C)C(C(=O)O)C(C(=O)O)S(=O)(=O)O. The van der Waals surface area contributed by atoms with E-state index in [1.807, 2.05) is 0 Å². The quantitative estimate of drug-likeness (QED) is 0.590. The molecule has 0 heterocycles. The van der Waals surface area contributed by atoms with Crippen molar-refractivity contribution in [2.24, 2.45) is 11.3 Å². The van der Waals surface area contributed by atoms with Gasteiger partial charge in [-0.2, -0.15) is 8.42 Å². The molecule has 0 radical (unpaired) electrons. The van der Waals surface area contributed by atoms with Crippen molar-refractivity contribution in [2.75, 3.05) is 0 Å². The van der Waals surface area contributed by atoms with Gasteiger partial charge in [0.05, 0.1) is 5.92 Å². The summed E-state index contributed by atoms with van der Waals surface area (Å²) in [7, 11) is -4.99. The predicted octanol–water partition coefficient (Wildman–Crippen LogP) is 0.855. The third-order valence-electron chi connectivity index (χ3n) is 2.87. The van der Waals surface area contributed by atoms with Crippen LogP contribution in [0, 0.1) is 11.3 Å². The Hall–Kier alpha value is -1.15.